The Morgan fingerprint density at radius 3 is 2.50 bits per heavy atom. The molecule has 1 atom stereocenters. The number of aryl methyl sites for hydroxylation is 2. The Balaban J connectivity index is 2.60. The second-order valence-electron chi connectivity index (χ2n) is 5.22. The first kappa shape index (κ1) is 14.7. The number of rotatable bonds is 5. The number of nitrogens with one attached hydrogen (secondary N) is 1. The third-order valence-corrected chi connectivity index (χ3v) is 3.12. The maximum atomic E-state index is 11.8. The quantitative estimate of drug-likeness (QED) is 0.842. The molecule has 3 heteroatoms. The monoisotopic (exact) mass is 249 g/mol. The van der Waals surface area contributed by atoms with Gasteiger partial charge in [-0.3, -0.25) is 4.79 Å². The van der Waals surface area contributed by atoms with Crippen molar-refractivity contribution >= 4 is 5.91 Å². The van der Waals surface area contributed by atoms with Crippen LogP contribution in [-0.4, -0.2) is 17.6 Å². The highest BCUT2D eigenvalue weighted by atomic mass is 16.3. The van der Waals surface area contributed by atoms with Crippen molar-refractivity contribution in [2.45, 2.75) is 40.2 Å². The van der Waals surface area contributed by atoms with Crippen LogP contribution in [-0.2, 0) is 4.79 Å². The number of benzene rings is 1. The summed E-state index contributed by atoms with van der Waals surface area (Å²) < 4.78 is 0. The maximum absolute atomic E-state index is 11.8. The molecule has 2 N–H and O–H groups in total. The van der Waals surface area contributed by atoms with E-state index in [1.54, 1.807) is 6.07 Å². The smallest absolute Gasteiger partial charge is 0.253 e. The second kappa shape index (κ2) is 6.55. The van der Waals surface area contributed by atoms with Crippen LogP contribution in [0, 0.1) is 19.8 Å². The number of hydrogen-bond donors (Lipinski definition) is 2. The van der Waals surface area contributed by atoms with E-state index in [4.69, 9.17) is 0 Å². The Hall–Kier alpha value is -1.35. The molecule has 0 bridgehead atoms. The van der Waals surface area contributed by atoms with E-state index in [1.807, 2.05) is 26.0 Å². The normalized spacial score (nSPS) is 12.6. The topological polar surface area (TPSA) is 49.3 Å². The van der Waals surface area contributed by atoms with Crippen molar-refractivity contribution in [1.82, 2.24) is 5.32 Å². The van der Waals surface area contributed by atoms with Gasteiger partial charge in [0.1, 0.15) is 0 Å². The van der Waals surface area contributed by atoms with Gasteiger partial charge in [-0.1, -0.05) is 32.0 Å². The Morgan fingerprint density at radius 1 is 1.28 bits per heavy atom. The van der Waals surface area contributed by atoms with Crippen molar-refractivity contribution in [3.63, 3.8) is 0 Å². The predicted octanol–water partition coefficient (Wildman–Crippen LogP) is 2.50. The molecule has 0 spiro atoms. The molecular weight excluding hydrogens is 226 g/mol. The van der Waals surface area contributed by atoms with E-state index in [-0.39, 0.29) is 5.91 Å². The summed E-state index contributed by atoms with van der Waals surface area (Å²) in [6, 6.07) is 5.59. The first-order valence-electron chi connectivity index (χ1n) is 6.44. The van der Waals surface area contributed by atoms with Crippen molar-refractivity contribution in [1.29, 1.82) is 0 Å². The zero-order valence-electron chi connectivity index (χ0n) is 11.7. The lowest BCUT2D eigenvalue weighted by Gasteiger charge is -2.13. The van der Waals surface area contributed by atoms with E-state index in [9.17, 15) is 9.90 Å². The average Bonchev–Trinajstić information content (AvgIpc) is 2.31. The third-order valence-electron chi connectivity index (χ3n) is 3.12. The summed E-state index contributed by atoms with van der Waals surface area (Å²) in [5.74, 6) is 0.225. The number of aliphatic hydroxyl groups is 1. The highest BCUT2D eigenvalue weighted by molar-refractivity contribution is 5.81. The molecule has 3 nitrogen and oxygen atoms in total. The Morgan fingerprint density at radius 2 is 1.94 bits per heavy atom. The molecule has 1 aromatic carbocycles. The second-order valence-corrected chi connectivity index (χ2v) is 5.22. The predicted molar refractivity (Wildman–Crippen MR) is 73.3 cm³/mol. The van der Waals surface area contributed by atoms with Gasteiger partial charge < -0.3 is 10.4 Å². The molecule has 0 aliphatic carbocycles. The standard InChI is InChI=1S/C15H23NO2/c1-10(2)7-8-16-15(18)14(17)13-6-5-11(3)12(4)9-13/h5-6,9-10,14,17H,7-8H2,1-4H3,(H,16,18). The fraction of sp³-hybridized carbons (Fsp3) is 0.533. The first-order chi connectivity index (χ1) is 8.41. The van der Waals surface area contributed by atoms with Crippen molar-refractivity contribution < 1.29 is 9.90 Å². The first-order valence-corrected chi connectivity index (χ1v) is 6.44. The maximum Gasteiger partial charge on any atom is 0.253 e. The molecule has 1 rings (SSSR count). The van der Waals surface area contributed by atoms with Crippen LogP contribution in [0.2, 0.25) is 0 Å². The van der Waals surface area contributed by atoms with Crippen molar-refractivity contribution in [3.05, 3.63) is 34.9 Å². The number of carbonyl (C=O) groups excluding carboxylic acids is 1. The summed E-state index contributed by atoms with van der Waals surface area (Å²) >= 11 is 0. The van der Waals surface area contributed by atoms with E-state index in [2.05, 4.69) is 19.2 Å². The zero-order valence-corrected chi connectivity index (χ0v) is 11.7. The molecule has 1 amide bonds. The lowest BCUT2D eigenvalue weighted by Crippen LogP contribution is -2.30. The van der Waals surface area contributed by atoms with E-state index in [1.165, 1.54) is 0 Å². The van der Waals surface area contributed by atoms with Gasteiger partial charge in [0.2, 0.25) is 0 Å². The van der Waals surface area contributed by atoms with Gasteiger partial charge in [-0.25, -0.2) is 0 Å². The number of aliphatic hydroxyl groups excluding tert-OH is 1. The third kappa shape index (κ3) is 4.15. The van der Waals surface area contributed by atoms with Gasteiger partial charge in [0, 0.05) is 6.54 Å². The lowest BCUT2D eigenvalue weighted by atomic mass is 10.0. The summed E-state index contributed by atoms with van der Waals surface area (Å²) in [4.78, 5) is 11.8. The van der Waals surface area contributed by atoms with Crippen LogP contribution in [0.15, 0.2) is 18.2 Å². The average molecular weight is 249 g/mol. The molecule has 18 heavy (non-hydrogen) atoms. The number of hydrogen-bond acceptors (Lipinski definition) is 2. The molecule has 0 radical (unpaired) electrons. The molecular formula is C15H23NO2. The van der Waals surface area contributed by atoms with Crippen LogP contribution in [0.4, 0.5) is 0 Å². The molecule has 1 unspecified atom stereocenters. The number of amides is 1. The SMILES string of the molecule is Cc1ccc(C(O)C(=O)NCCC(C)C)cc1C. The Kier molecular flexibility index (Phi) is 5.35. The van der Waals surface area contributed by atoms with Crippen molar-refractivity contribution in [3.8, 4) is 0 Å². The molecule has 0 aliphatic rings. The lowest BCUT2D eigenvalue weighted by molar-refractivity contribution is -0.129. The number of carbonyl (C=O) groups is 1. The fourth-order valence-corrected chi connectivity index (χ4v) is 1.67. The summed E-state index contributed by atoms with van der Waals surface area (Å²) in [5, 5.41) is 12.7. The van der Waals surface area contributed by atoms with Gasteiger partial charge in [0.15, 0.2) is 6.10 Å². The van der Waals surface area contributed by atoms with Crippen molar-refractivity contribution in [2.24, 2.45) is 5.92 Å². The van der Waals surface area contributed by atoms with Gasteiger partial charge in [0.05, 0.1) is 0 Å². The highest BCUT2D eigenvalue weighted by Gasteiger charge is 2.17. The minimum Gasteiger partial charge on any atom is -0.378 e. The van der Waals surface area contributed by atoms with Crippen LogP contribution in [0.5, 0.6) is 0 Å². The molecule has 0 saturated carbocycles. The largest absolute Gasteiger partial charge is 0.378 e. The van der Waals surface area contributed by atoms with Crippen LogP contribution in [0.25, 0.3) is 0 Å². The minimum absolute atomic E-state index is 0.320. The molecule has 0 aliphatic heterocycles. The highest BCUT2D eigenvalue weighted by Crippen LogP contribution is 2.17. The molecule has 0 aromatic heterocycles. The molecule has 0 saturated heterocycles. The molecule has 1 aromatic rings. The van der Waals surface area contributed by atoms with Crippen LogP contribution < -0.4 is 5.32 Å². The Bertz CT molecular complexity index is 413. The molecule has 100 valence electrons. The minimum atomic E-state index is -1.07. The fourth-order valence-electron chi connectivity index (χ4n) is 1.67. The van der Waals surface area contributed by atoms with E-state index in [0.29, 0.717) is 18.0 Å². The van der Waals surface area contributed by atoms with E-state index < -0.39 is 6.10 Å². The molecule has 0 heterocycles. The van der Waals surface area contributed by atoms with Crippen molar-refractivity contribution in [2.75, 3.05) is 6.54 Å². The summed E-state index contributed by atoms with van der Waals surface area (Å²) in [6.45, 7) is 8.80. The van der Waals surface area contributed by atoms with Gasteiger partial charge in [-0.2, -0.15) is 0 Å². The molecule has 0 fully saturated rings. The van der Waals surface area contributed by atoms with Gasteiger partial charge in [-0.05, 0) is 42.9 Å². The van der Waals surface area contributed by atoms with E-state index >= 15 is 0 Å². The van der Waals surface area contributed by atoms with Gasteiger partial charge >= 0.3 is 0 Å². The van der Waals surface area contributed by atoms with Crippen LogP contribution in [0.3, 0.4) is 0 Å². The van der Waals surface area contributed by atoms with Crippen LogP contribution >= 0.6 is 0 Å². The zero-order chi connectivity index (χ0) is 13.7. The summed E-state index contributed by atoms with van der Waals surface area (Å²) in [7, 11) is 0. The van der Waals surface area contributed by atoms with Gasteiger partial charge in [-0.15, -0.1) is 0 Å². The Labute approximate surface area is 109 Å². The van der Waals surface area contributed by atoms with Gasteiger partial charge in [0.25, 0.3) is 5.91 Å². The van der Waals surface area contributed by atoms with Crippen LogP contribution in [0.1, 0.15) is 43.1 Å². The van der Waals surface area contributed by atoms with E-state index in [0.717, 1.165) is 17.5 Å². The summed E-state index contributed by atoms with van der Waals surface area (Å²) in [5.41, 5.74) is 2.90. The summed E-state index contributed by atoms with van der Waals surface area (Å²) in [6.07, 6.45) is -0.151.